The summed E-state index contributed by atoms with van der Waals surface area (Å²) in [6, 6.07) is 4.16. The fourth-order valence-corrected chi connectivity index (χ4v) is 1.71. The Labute approximate surface area is 122 Å². The molecule has 8 heteroatoms. The lowest BCUT2D eigenvalue weighted by Crippen LogP contribution is -2.30. The summed E-state index contributed by atoms with van der Waals surface area (Å²) in [6.07, 6.45) is 0.163. The Morgan fingerprint density at radius 2 is 2.00 bits per heavy atom. The van der Waals surface area contributed by atoms with E-state index >= 15 is 0 Å². The SMILES string of the molecule is CCNC(=O)CCNC(=O)c1ccc(NC)c([N+](=O)[O-])c1. The van der Waals surface area contributed by atoms with Gasteiger partial charge in [0.1, 0.15) is 5.69 Å². The maximum absolute atomic E-state index is 11.9. The molecule has 0 aliphatic heterocycles. The van der Waals surface area contributed by atoms with Gasteiger partial charge in [-0.2, -0.15) is 0 Å². The monoisotopic (exact) mass is 294 g/mol. The number of amides is 2. The number of hydrogen-bond donors (Lipinski definition) is 3. The molecular formula is C13H18N4O4. The summed E-state index contributed by atoms with van der Waals surface area (Å²) in [4.78, 5) is 33.5. The third kappa shape index (κ3) is 4.75. The van der Waals surface area contributed by atoms with Gasteiger partial charge in [0.2, 0.25) is 5.91 Å². The highest BCUT2D eigenvalue weighted by Gasteiger charge is 2.16. The van der Waals surface area contributed by atoms with Gasteiger partial charge in [-0.05, 0) is 19.1 Å². The number of carbonyl (C=O) groups is 2. The van der Waals surface area contributed by atoms with Crippen molar-refractivity contribution < 1.29 is 14.5 Å². The lowest BCUT2D eigenvalue weighted by Gasteiger charge is -2.07. The summed E-state index contributed by atoms with van der Waals surface area (Å²) in [7, 11) is 1.56. The van der Waals surface area contributed by atoms with Crippen LogP contribution in [0.25, 0.3) is 0 Å². The third-order valence-corrected chi connectivity index (χ3v) is 2.74. The smallest absolute Gasteiger partial charge is 0.293 e. The first-order chi connectivity index (χ1) is 9.99. The Morgan fingerprint density at radius 3 is 2.57 bits per heavy atom. The fourth-order valence-electron chi connectivity index (χ4n) is 1.71. The zero-order valence-electron chi connectivity index (χ0n) is 11.9. The van der Waals surface area contributed by atoms with Crippen LogP contribution < -0.4 is 16.0 Å². The van der Waals surface area contributed by atoms with Crippen LogP contribution in [-0.4, -0.2) is 36.9 Å². The van der Waals surface area contributed by atoms with Crippen molar-refractivity contribution in [2.45, 2.75) is 13.3 Å². The first kappa shape index (κ1) is 16.4. The number of carbonyl (C=O) groups excluding carboxylic acids is 2. The fraction of sp³-hybridized carbons (Fsp3) is 0.385. The van der Waals surface area contributed by atoms with E-state index < -0.39 is 10.8 Å². The molecule has 2 amide bonds. The van der Waals surface area contributed by atoms with Crippen molar-refractivity contribution in [1.82, 2.24) is 10.6 Å². The highest BCUT2D eigenvalue weighted by molar-refractivity contribution is 5.96. The van der Waals surface area contributed by atoms with Crippen LogP contribution >= 0.6 is 0 Å². The van der Waals surface area contributed by atoms with Crippen LogP contribution in [0, 0.1) is 10.1 Å². The first-order valence-electron chi connectivity index (χ1n) is 6.50. The molecule has 0 spiro atoms. The van der Waals surface area contributed by atoms with E-state index in [1.54, 1.807) is 14.0 Å². The Balaban J connectivity index is 2.68. The number of benzene rings is 1. The van der Waals surface area contributed by atoms with Crippen LogP contribution in [0.5, 0.6) is 0 Å². The molecule has 0 atom stereocenters. The van der Waals surface area contributed by atoms with Crippen molar-refractivity contribution in [3.8, 4) is 0 Å². The largest absolute Gasteiger partial charge is 0.383 e. The summed E-state index contributed by atoms with van der Waals surface area (Å²) < 4.78 is 0. The van der Waals surface area contributed by atoms with Crippen LogP contribution in [0.3, 0.4) is 0 Å². The van der Waals surface area contributed by atoms with Crippen LogP contribution in [-0.2, 0) is 4.79 Å². The van der Waals surface area contributed by atoms with E-state index in [2.05, 4.69) is 16.0 Å². The van der Waals surface area contributed by atoms with Crippen LogP contribution in [0.4, 0.5) is 11.4 Å². The number of hydrogen-bond acceptors (Lipinski definition) is 5. The highest BCUT2D eigenvalue weighted by atomic mass is 16.6. The zero-order chi connectivity index (χ0) is 15.8. The van der Waals surface area contributed by atoms with Crippen molar-refractivity contribution in [3.05, 3.63) is 33.9 Å². The second-order valence-electron chi connectivity index (χ2n) is 4.20. The molecule has 1 aromatic carbocycles. The maximum atomic E-state index is 11.9. The van der Waals surface area contributed by atoms with Crippen molar-refractivity contribution in [2.75, 3.05) is 25.5 Å². The molecule has 0 aliphatic carbocycles. The summed E-state index contributed by atoms with van der Waals surface area (Å²) in [5, 5.41) is 18.8. The second kappa shape index (κ2) is 7.83. The van der Waals surface area contributed by atoms with Crippen LogP contribution in [0.1, 0.15) is 23.7 Å². The van der Waals surface area contributed by atoms with Crippen LogP contribution in [0.15, 0.2) is 18.2 Å². The molecule has 8 nitrogen and oxygen atoms in total. The molecule has 0 saturated heterocycles. The average Bonchev–Trinajstić information content (AvgIpc) is 2.46. The van der Waals surface area contributed by atoms with E-state index in [0.717, 1.165) is 0 Å². The molecule has 0 aromatic heterocycles. The molecule has 0 fully saturated rings. The Kier molecular flexibility index (Phi) is 6.12. The average molecular weight is 294 g/mol. The number of nitrogens with one attached hydrogen (secondary N) is 3. The zero-order valence-corrected chi connectivity index (χ0v) is 11.9. The van der Waals surface area contributed by atoms with Crippen molar-refractivity contribution >= 4 is 23.2 Å². The van der Waals surface area contributed by atoms with Gasteiger partial charge < -0.3 is 16.0 Å². The summed E-state index contributed by atoms with van der Waals surface area (Å²) in [5.41, 5.74) is 0.337. The molecular weight excluding hydrogens is 276 g/mol. The topological polar surface area (TPSA) is 113 Å². The molecule has 0 saturated carbocycles. The van der Waals surface area contributed by atoms with E-state index in [0.29, 0.717) is 12.2 Å². The first-order valence-corrected chi connectivity index (χ1v) is 6.50. The molecule has 0 heterocycles. The minimum Gasteiger partial charge on any atom is -0.383 e. The molecule has 0 unspecified atom stereocenters. The highest BCUT2D eigenvalue weighted by Crippen LogP contribution is 2.24. The van der Waals surface area contributed by atoms with E-state index in [9.17, 15) is 19.7 Å². The molecule has 3 N–H and O–H groups in total. The van der Waals surface area contributed by atoms with Crippen LogP contribution in [0.2, 0.25) is 0 Å². The number of nitro benzene ring substituents is 1. The van der Waals surface area contributed by atoms with E-state index in [4.69, 9.17) is 0 Å². The molecule has 1 rings (SSSR count). The van der Waals surface area contributed by atoms with E-state index in [-0.39, 0.29) is 30.1 Å². The maximum Gasteiger partial charge on any atom is 0.293 e. The quantitative estimate of drug-likeness (QED) is 0.510. The normalized spacial score (nSPS) is 9.81. The molecule has 0 radical (unpaired) electrons. The minimum atomic E-state index is -0.558. The van der Waals surface area contributed by atoms with E-state index in [1.165, 1.54) is 18.2 Å². The summed E-state index contributed by atoms with van der Waals surface area (Å²) >= 11 is 0. The Hall–Kier alpha value is -2.64. The lowest BCUT2D eigenvalue weighted by atomic mass is 10.1. The van der Waals surface area contributed by atoms with Gasteiger partial charge in [-0.25, -0.2) is 0 Å². The summed E-state index contributed by atoms with van der Waals surface area (Å²) in [5.74, 6) is -0.612. The van der Waals surface area contributed by atoms with Gasteiger partial charge in [0.25, 0.3) is 11.6 Å². The number of nitro groups is 1. The second-order valence-corrected chi connectivity index (χ2v) is 4.20. The minimum absolute atomic E-state index is 0.158. The molecule has 0 bridgehead atoms. The molecule has 114 valence electrons. The van der Waals surface area contributed by atoms with Gasteiger partial charge >= 0.3 is 0 Å². The Morgan fingerprint density at radius 1 is 1.29 bits per heavy atom. The van der Waals surface area contributed by atoms with Gasteiger partial charge in [-0.15, -0.1) is 0 Å². The molecule has 21 heavy (non-hydrogen) atoms. The number of anilines is 1. The molecule has 1 aromatic rings. The molecule has 0 aliphatic rings. The Bertz CT molecular complexity index is 545. The van der Waals surface area contributed by atoms with Crippen molar-refractivity contribution in [3.63, 3.8) is 0 Å². The standard InChI is InChI=1S/C13H18N4O4/c1-3-15-12(18)6-7-16-13(19)9-4-5-10(14-2)11(8-9)17(20)21/h4-5,8,14H,3,6-7H2,1-2H3,(H,15,18)(H,16,19). The van der Waals surface area contributed by atoms with Gasteiger partial charge in [0, 0.05) is 38.2 Å². The van der Waals surface area contributed by atoms with Gasteiger partial charge in [0.05, 0.1) is 4.92 Å². The lowest BCUT2D eigenvalue weighted by molar-refractivity contribution is -0.384. The predicted molar refractivity (Wildman–Crippen MR) is 78.3 cm³/mol. The number of nitrogens with zero attached hydrogens (tertiary/aromatic N) is 1. The number of rotatable bonds is 7. The van der Waals surface area contributed by atoms with Crippen molar-refractivity contribution in [2.24, 2.45) is 0 Å². The predicted octanol–water partition coefficient (Wildman–Crippen LogP) is 0.892. The third-order valence-electron chi connectivity index (χ3n) is 2.74. The van der Waals surface area contributed by atoms with E-state index in [1.807, 2.05) is 0 Å². The van der Waals surface area contributed by atoms with Crippen molar-refractivity contribution in [1.29, 1.82) is 0 Å². The van der Waals surface area contributed by atoms with Gasteiger partial charge in [-0.1, -0.05) is 0 Å². The van der Waals surface area contributed by atoms with Gasteiger partial charge in [-0.3, -0.25) is 19.7 Å². The summed E-state index contributed by atoms with van der Waals surface area (Å²) in [6.45, 7) is 2.51. The van der Waals surface area contributed by atoms with Gasteiger partial charge in [0.15, 0.2) is 0 Å².